The Balaban J connectivity index is 0.00000256. The summed E-state index contributed by atoms with van der Waals surface area (Å²) in [6.07, 6.45) is 12.9. The number of fused-ring (bicyclic) bond motifs is 2. The second kappa shape index (κ2) is 12.9. The zero-order valence-electron chi connectivity index (χ0n) is 18.2. The van der Waals surface area contributed by atoms with E-state index in [0.29, 0.717) is 6.42 Å². The fourth-order valence-electron chi connectivity index (χ4n) is 4.20. The summed E-state index contributed by atoms with van der Waals surface area (Å²) in [4.78, 5) is 13.0. The van der Waals surface area contributed by atoms with Crippen molar-refractivity contribution in [1.82, 2.24) is 4.31 Å². The third-order valence-electron chi connectivity index (χ3n) is 5.65. The zero-order valence-corrected chi connectivity index (χ0v) is 21.8. The van der Waals surface area contributed by atoms with Crippen LogP contribution in [0.5, 0.6) is 0 Å². The van der Waals surface area contributed by atoms with E-state index in [-0.39, 0.29) is 51.6 Å². The number of rotatable bonds is 9. The van der Waals surface area contributed by atoms with E-state index in [9.17, 15) is 13.2 Å². The van der Waals surface area contributed by atoms with Gasteiger partial charge in [-0.2, -0.15) is 6.42 Å². The topological polar surface area (TPSA) is 66.5 Å². The normalized spacial score (nSPS) is 15.0. The Morgan fingerprint density at radius 3 is 2.31 bits per heavy atom. The first kappa shape index (κ1) is 28.8. The summed E-state index contributed by atoms with van der Waals surface area (Å²) in [5.41, 5.74) is 5.98. The number of benzene rings is 1. The summed E-state index contributed by atoms with van der Waals surface area (Å²) in [7, 11) is -3.80. The molecule has 7 heteroatoms. The van der Waals surface area contributed by atoms with Crippen LogP contribution in [0, 0.1) is 13.5 Å². The molecule has 2 aliphatic carbocycles. The van der Waals surface area contributed by atoms with Gasteiger partial charge in [0, 0.05) is 38.4 Å². The Morgan fingerprint density at radius 1 is 1.19 bits per heavy atom. The first-order valence-corrected chi connectivity index (χ1v) is 11.9. The molecule has 173 valence electrons. The number of amides is 1. The minimum atomic E-state index is -3.80. The van der Waals surface area contributed by atoms with E-state index in [1.807, 2.05) is 0 Å². The smallest absolute Gasteiger partial charge is 0.214 e. The molecule has 0 heterocycles. The van der Waals surface area contributed by atoms with Crippen molar-refractivity contribution in [2.24, 2.45) is 0 Å². The number of nitrogens with one attached hydrogen (secondary N) is 1. The molecule has 1 amide bonds. The number of sulfonamides is 1. The molecule has 5 nitrogen and oxygen atoms in total. The third kappa shape index (κ3) is 6.43. The van der Waals surface area contributed by atoms with Gasteiger partial charge in [0.25, 0.3) is 0 Å². The maximum absolute atomic E-state index is 12.9. The standard InChI is InChI=1S/C24H30N2O3S.CH4.Y/c1-4-6-7-10-18(3)30(28,29)26(15-5-2)17-23(27)25-24-21-13-8-11-19(21)16-20-12-9-14-22(20)24;;/h4,6-7,10,16-17H,1-2,5,8-9,11-15H2,3H3,(H,25,27);1H4;/q-2;;/b7-6-,18-10+;;. The van der Waals surface area contributed by atoms with Gasteiger partial charge in [-0.1, -0.05) is 38.3 Å². The number of aryl methyl sites for hydroxylation is 2. The molecule has 0 bridgehead atoms. The molecule has 0 aliphatic heterocycles. The van der Waals surface area contributed by atoms with Gasteiger partial charge in [0.15, 0.2) is 0 Å². The molecule has 0 saturated carbocycles. The van der Waals surface area contributed by atoms with Gasteiger partial charge in [-0.15, -0.1) is 0 Å². The molecule has 1 N–H and O–H groups in total. The van der Waals surface area contributed by atoms with Gasteiger partial charge in [-0.3, -0.25) is 0 Å². The molecule has 0 unspecified atom stereocenters. The SMILES string of the molecule is C.C=C/C=C\C=C(/C)S(=O)(=O)N([CH-]C(=O)Nc1c2c(cc3c1CCC3)CCC2)CC[CH2-].[Y]. The first-order chi connectivity index (χ1) is 14.4. The molecular formula is C25H34N2O3SY-2. The van der Waals surface area contributed by atoms with E-state index in [4.69, 9.17) is 0 Å². The van der Waals surface area contributed by atoms with Gasteiger partial charge in [0.1, 0.15) is 5.91 Å². The van der Waals surface area contributed by atoms with Crippen LogP contribution in [0.15, 0.2) is 41.9 Å². The van der Waals surface area contributed by atoms with Crippen molar-refractivity contribution in [2.75, 3.05) is 11.9 Å². The Bertz CT molecular complexity index is 965. The molecule has 1 radical (unpaired) electrons. The van der Waals surface area contributed by atoms with Crippen molar-refractivity contribution in [1.29, 1.82) is 0 Å². The summed E-state index contributed by atoms with van der Waals surface area (Å²) >= 11 is 0. The van der Waals surface area contributed by atoms with Crippen molar-refractivity contribution in [3.05, 3.63) is 77.6 Å². The molecule has 0 saturated heterocycles. The van der Waals surface area contributed by atoms with Gasteiger partial charge in [0.2, 0.25) is 10.0 Å². The van der Waals surface area contributed by atoms with Crippen molar-refractivity contribution < 1.29 is 45.9 Å². The minimum absolute atomic E-state index is 0. The van der Waals surface area contributed by atoms with Gasteiger partial charge < -0.3 is 21.3 Å². The van der Waals surface area contributed by atoms with Crippen LogP contribution >= 0.6 is 0 Å². The monoisotopic (exact) mass is 531 g/mol. The average molecular weight is 532 g/mol. The van der Waals surface area contributed by atoms with Crippen molar-refractivity contribution in [3.8, 4) is 0 Å². The van der Waals surface area contributed by atoms with Crippen LogP contribution in [0.3, 0.4) is 0 Å². The molecule has 0 aromatic heterocycles. The van der Waals surface area contributed by atoms with Gasteiger partial charge in [0.05, 0.1) is 4.91 Å². The van der Waals surface area contributed by atoms with Crippen LogP contribution in [-0.2, 0) is 73.2 Å². The van der Waals surface area contributed by atoms with E-state index in [1.165, 1.54) is 35.3 Å². The molecule has 3 rings (SSSR count). The second-order valence-corrected chi connectivity index (χ2v) is 9.78. The molecule has 2 aliphatic rings. The van der Waals surface area contributed by atoms with E-state index >= 15 is 0 Å². The Kier molecular flexibility index (Phi) is 11.6. The zero-order chi connectivity index (χ0) is 21.7. The van der Waals surface area contributed by atoms with Gasteiger partial charge in [-0.25, -0.2) is 15.0 Å². The number of allylic oxidation sites excluding steroid dienone is 5. The van der Waals surface area contributed by atoms with Crippen LogP contribution in [0.25, 0.3) is 0 Å². The molecular weight excluding hydrogens is 497 g/mol. The minimum Gasteiger partial charge on any atom is -0.350 e. The molecule has 0 spiro atoms. The first-order valence-electron chi connectivity index (χ1n) is 10.5. The van der Waals surface area contributed by atoms with Crippen molar-refractivity contribution in [3.63, 3.8) is 0 Å². The van der Waals surface area contributed by atoms with Crippen molar-refractivity contribution in [2.45, 2.75) is 59.3 Å². The number of nitrogens with zero attached hydrogens (tertiary/aromatic N) is 1. The van der Waals surface area contributed by atoms with Crippen molar-refractivity contribution >= 4 is 21.6 Å². The fourth-order valence-corrected chi connectivity index (χ4v) is 5.43. The number of hydrogen-bond donors (Lipinski definition) is 1. The van der Waals surface area contributed by atoms with E-state index in [2.05, 4.69) is 24.9 Å². The van der Waals surface area contributed by atoms with E-state index in [0.717, 1.165) is 55.1 Å². The Morgan fingerprint density at radius 2 is 1.78 bits per heavy atom. The quantitative estimate of drug-likeness (QED) is 0.364. The summed E-state index contributed by atoms with van der Waals surface area (Å²) in [5.74, 6) is -0.421. The molecule has 1 aromatic carbocycles. The maximum atomic E-state index is 12.9. The van der Waals surface area contributed by atoms with Crippen LogP contribution < -0.4 is 5.32 Å². The number of anilines is 1. The molecule has 0 atom stereocenters. The van der Waals surface area contributed by atoms with Gasteiger partial charge in [-0.05, 0) is 80.3 Å². The largest absolute Gasteiger partial charge is 0.350 e. The Labute approximate surface area is 219 Å². The predicted octanol–water partition coefficient (Wildman–Crippen LogP) is 4.90. The summed E-state index contributed by atoms with van der Waals surface area (Å²) in [6.45, 7) is 10.1. The van der Waals surface area contributed by atoms with Crippen LogP contribution in [0.2, 0.25) is 0 Å². The van der Waals surface area contributed by atoms with Gasteiger partial charge >= 0.3 is 0 Å². The van der Waals surface area contributed by atoms with E-state index < -0.39 is 15.9 Å². The molecule has 0 fully saturated rings. The van der Waals surface area contributed by atoms with E-state index in [1.54, 1.807) is 18.2 Å². The van der Waals surface area contributed by atoms with Crippen LogP contribution in [-0.4, -0.2) is 25.2 Å². The predicted molar refractivity (Wildman–Crippen MR) is 129 cm³/mol. The molecule has 1 aromatic rings. The third-order valence-corrected chi connectivity index (χ3v) is 7.51. The fraction of sp³-hybridized carbons (Fsp3) is 0.400. The summed E-state index contributed by atoms with van der Waals surface area (Å²) in [6, 6.07) is 2.30. The number of hydrogen-bond acceptors (Lipinski definition) is 3. The summed E-state index contributed by atoms with van der Waals surface area (Å²) in [5, 5.41) is 3.03. The maximum Gasteiger partial charge on any atom is 0.214 e. The second-order valence-electron chi connectivity index (χ2n) is 7.72. The summed E-state index contributed by atoms with van der Waals surface area (Å²) < 4.78 is 27.0. The van der Waals surface area contributed by atoms with Crippen LogP contribution in [0.1, 0.15) is 55.9 Å². The number of carbonyl (C=O) groups excluding carboxylic acids is 1. The average Bonchev–Trinajstić information content (AvgIpc) is 3.36. The number of carbonyl (C=O) groups is 1. The van der Waals surface area contributed by atoms with Crippen LogP contribution in [0.4, 0.5) is 5.69 Å². The Hall–Kier alpha value is -1.21. The molecule has 32 heavy (non-hydrogen) atoms.